The van der Waals surface area contributed by atoms with Crippen molar-refractivity contribution in [1.29, 1.82) is 0 Å². The molecule has 0 heterocycles. The molecule has 0 radical (unpaired) electrons. The highest BCUT2D eigenvalue weighted by Crippen LogP contribution is 2.29. The normalized spacial score (nSPS) is 10.1. The van der Waals surface area contributed by atoms with Crippen molar-refractivity contribution >= 4 is 15.9 Å². The van der Waals surface area contributed by atoms with E-state index < -0.39 is 0 Å². The number of para-hydroxylation sites is 1. The van der Waals surface area contributed by atoms with Gasteiger partial charge in [0, 0.05) is 10.5 Å². The maximum atomic E-state index is 5.83. The second kappa shape index (κ2) is 6.46. The maximum Gasteiger partial charge on any atom is 0.131 e. The lowest BCUT2D eigenvalue weighted by Crippen LogP contribution is -1.87. The number of hydrogen-bond donors (Lipinski definition) is 0. The first-order valence-electron chi connectivity index (χ1n) is 6.56. The lowest BCUT2D eigenvalue weighted by atomic mass is 10.3. The Morgan fingerprint density at radius 3 is 1.71 bits per heavy atom. The van der Waals surface area contributed by atoms with Gasteiger partial charge in [0.1, 0.15) is 23.0 Å². The molecule has 0 spiro atoms. The van der Waals surface area contributed by atoms with E-state index in [4.69, 9.17) is 9.47 Å². The molecule has 0 aromatic heterocycles. The van der Waals surface area contributed by atoms with Crippen LogP contribution < -0.4 is 9.47 Å². The zero-order valence-electron chi connectivity index (χ0n) is 11.2. The van der Waals surface area contributed by atoms with Crippen molar-refractivity contribution in [2.45, 2.75) is 0 Å². The molecule has 0 amide bonds. The fourth-order valence-electron chi connectivity index (χ4n) is 1.89. The number of hydrogen-bond acceptors (Lipinski definition) is 2. The molecule has 0 fully saturated rings. The Morgan fingerprint density at radius 2 is 1.05 bits per heavy atom. The summed E-state index contributed by atoms with van der Waals surface area (Å²) in [7, 11) is 0. The summed E-state index contributed by atoms with van der Waals surface area (Å²) >= 11 is 3.43. The van der Waals surface area contributed by atoms with Crippen molar-refractivity contribution in [2.24, 2.45) is 0 Å². The van der Waals surface area contributed by atoms with E-state index in [1.54, 1.807) is 0 Å². The highest BCUT2D eigenvalue weighted by Gasteiger charge is 2.01. The third-order valence-electron chi connectivity index (χ3n) is 2.82. The molecule has 0 aliphatic heterocycles. The quantitative estimate of drug-likeness (QED) is 0.576. The first-order valence-corrected chi connectivity index (χ1v) is 7.35. The van der Waals surface area contributed by atoms with E-state index in [-0.39, 0.29) is 0 Å². The maximum absolute atomic E-state index is 5.83. The molecule has 2 nitrogen and oxygen atoms in total. The zero-order chi connectivity index (χ0) is 14.5. The highest BCUT2D eigenvalue weighted by molar-refractivity contribution is 9.10. The molecular formula is C18H13BrO2. The molecule has 0 atom stereocenters. The second-order valence-corrected chi connectivity index (χ2v) is 5.37. The third-order valence-corrected chi connectivity index (χ3v) is 3.31. The van der Waals surface area contributed by atoms with E-state index in [2.05, 4.69) is 15.9 Å². The molecule has 0 N–H and O–H groups in total. The van der Waals surface area contributed by atoms with Crippen LogP contribution in [-0.2, 0) is 0 Å². The Balaban J connectivity index is 1.77. The molecule has 0 unspecified atom stereocenters. The minimum Gasteiger partial charge on any atom is -0.457 e. The van der Waals surface area contributed by atoms with Crippen LogP contribution >= 0.6 is 15.9 Å². The molecule has 3 aromatic rings. The number of ether oxygens (including phenoxy) is 2. The van der Waals surface area contributed by atoms with E-state index >= 15 is 0 Å². The Morgan fingerprint density at radius 1 is 0.524 bits per heavy atom. The van der Waals surface area contributed by atoms with Gasteiger partial charge in [-0.2, -0.15) is 0 Å². The van der Waals surface area contributed by atoms with Gasteiger partial charge >= 0.3 is 0 Å². The summed E-state index contributed by atoms with van der Waals surface area (Å²) in [5, 5.41) is 0. The van der Waals surface area contributed by atoms with Crippen molar-refractivity contribution in [1.82, 2.24) is 0 Å². The number of halogens is 1. The molecule has 0 aliphatic carbocycles. The second-order valence-electron chi connectivity index (χ2n) is 4.45. The Labute approximate surface area is 132 Å². The van der Waals surface area contributed by atoms with Crippen LogP contribution in [0.2, 0.25) is 0 Å². The van der Waals surface area contributed by atoms with Crippen molar-refractivity contribution in [2.75, 3.05) is 0 Å². The Hall–Kier alpha value is -2.26. The fourth-order valence-corrected chi connectivity index (χ4v) is 2.27. The molecule has 3 rings (SSSR count). The summed E-state index contributed by atoms with van der Waals surface area (Å²) in [6, 6.07) is 25.0. The summed E-state index contributed by atoms with van der Waals surface area (Å²) < 4.78 is 12.6. The molecule has 0 bridgehead atoms. The van der Waals surface area contributed by atoms with Crippen LogP contribution in [0.3, 0.4) is 0 Å². The predicted octanol–water partition coefficient (Wildman–Crippen LogP) is 6.03. The number of benzene rings is 3. The number of rotatable bonds is 4. The van der Waals surface area contributed by atoms with E-state index in [9.17, 15) is 0 Å². The van der Waals surface area contributed by atoms with Gasteiger partial charge in [0.15, 0.2) is 0 Å². The average molecular weight is 341 g/mol. The molecule has 0 saturated heterocycles. The van der Waals surface area contributed by atoms with Gasteiger partial charge < -0.3 is 9.47 Å². The molecule has 21 heavy (non-hydrogen) atoms. The van der Waals surface area contributed by atoms with E-state index in [0.29, 0.717) is 0 Å². The summed E-state index contributed by atoms with van der Waals surface area (Å²) in [6.07, 6.45) is 0. The predicted molar refractivity (Wildman–Crippen MR) is 87.2 cm³/mol. The van der Waals surface area contributed by atoms with Gasteiger partial charge in [-0.1, -0.05) is 46.3 Å². The minimum atomic E-state index is 0.738. The molecule has 104 valence electrons. The Kier molecular flexibility index (Phi) is 4.22. The van der Waals surface area contributed by atoms with E-state index in [1.807, 2.05) is 78.9 Å². The van der Waals surface area contributed by atoms with Crippen LogP contribution in [0.4, 0.5) is 0 Å². The van der Waals surface area contributed by atoms with Crippen LogP contribution in [0.5, 0.6) is 23.0 Å². The molecule has 0 saturated carbocycles. The lowest BCUT2D eigenvalue weighted by molar-refractivity contribution is 0.460. The summed E-state index contributed by atoms with van der Waals surface area (Å²) in [6.45, 7) is 0. The van der Waals surface area contributed by atoms with Gasteiger partial charge in [-0.3, -0.25) is 0 Å². The van der Waals surface area contributed by atoms with Crippen LogP contribution in [0.25, 0.3) is 0 Å². The molecule has 0 aliphatic rings. The Bertz CT molecular complexity index is 726. The van der Waals surface area contributed by atoms with Gasteiger partial charge in [-0.25, -0.2) is 0 Å². The monoisotopic (exact) mass is 340 g/mol. The van der Waals surface area contributed by atoms with Gasteiger partial charge in [0.05, 0.1) is 0 Å². The molecule has 3 aromatic carbocycles. The smallest absolute Gasteiger partial charge is 0.131 e. The van der Waals surface area contributed by atoms with Crippen LogP contribution in [0.1, 0.15) is 0 Å². The van der Waals surface area contributed by atoms with Crippen LogP contribution in [0.15, 0.2) is 83.3 Å². The summed E-state index contributed by atoms with van der Waals surface area (Å²) in [4.78, 5) is 0. The van der Waals surface area contributed by atoms with E-state index in [0.717, 1.165) is 27.5 Å². The van der Waals surface area contributed by atoms with Gasteiger partial charge in [-0.15, -0.1) is 0 Å². The van der Waals surface area contributed by atoms with Crippen molar-refractivity contribution < 1.29 is 9.47 Å². The summed E-state index contributed by atoms with van der Waals surface area (Å²) in [5.41, 5.74) is 0. The minimum absolute atomic E-state index is 0.738. The van der Waals surface area contributed by atoms with Crippen molar-refractivity contribution in [3.8, 4) is 23.0 Å². The highest BCUT2D eigenvalue weighted by atomic mass is 79.9. The zero-order valence-corrected chi connectivity index (χ0v) is 12.8. The molecular weight excluding hydrogens is 328 g/mol. The van der Waals surface area contributed by atoms with Crippen molar-refractivity contribution in [3.05, 3.63) is 83.3 Å². The lowest BCUT2D eigenvalue weighted by Gasteiger charge is -2.09. The van der Waals surface area contributed by atoms with Crippen LogP contribution in [0, 0.1) is 0 Å². The largest absolute Gasteiger partial charge is 0.457 e. The first kappa shape index (κ1) is 13.7. The van der Waals surface area contributed by atoms with Gasteiger partial charge in [0.2, 0.25) is 0 Å². The van der Waals surface area contributed by atoms with Crippen molar-refractivity contribution in [3.63, 3.8) is 0 Å². The van der Waals surface area contributed by atoms with Gasteiger partial charge in [0.25, 0.3) is 0 Å². The third kappa shape index (κ3) is 3.86. The first-order chi connectivity index (χ1) is 10.3. The SMILES string of the molecule is Brc1cccc(Oc2cccc(Oc3ccccc3)c2)c1. The van der Waals surface area contributed by atoms with E-state index in [1.165, 1.54) is 0 Å². The topological polar surface area (TPSA) is 18.5 Å². The summed E-state index contributed by atoms with van der Waals surface area (Å²) in [5.74, 6) is 3.06. The standard InChI is InChI=1S/C18H13BrO2/c19-14-6-4-9-16(12-14)21-18-11-5-10-17(13-18)20-15-7-2-1-3-8-15/h1-13H. The van der Waals surface area contributed by atoms with Gasteiger partial charge in [-0.05, 0) is 42.5 Å². The fraction of sp³-hybridized carbons (Fsp3) is 0. The molecule has 3 heteroatoms. The van der Waals surface area contributed by atoms with Crippen LogP contribution in [-0.4, -0.2) is 0 Å². The average Bonchev–Trinajstić information content (AvgIpc) is 2.49.